The lowest BCUT2D eigenvalue weighted by atomic mass is 10.2. The van der Waals surface area contributed by atoms with Crippen LogP contribution in [0.3, 0.4) is 0 Å². The number of rotatable bonds is 5. The van der Waals surface area contributed by atoms with Crippen molar-refractivity contribution in [3.63, 3.8) is 0 Å². The van der Waals surface area contributed by atoms with Gasteiger partial charge in [0.2, 0.25) is 5.91 Å². The van der Waals surface area contributed by atoms with E-state index in [1.807, 2.05) is 42.2 Å². The molecule has 0 spiro atoms. The van der Waals surface area contributed by atoms with Crippen LogP contribution < -0.4 is 0 Å². The van der Waals surface area contributed by atoms with Gasteiger partial charge in [0.15, 0.2) is 0 Å². The van der Waals surface area contributed by atoms with Gasteiger partial charge in [0.25, 0.3) is 0 Å². The van der Waals surface area contributed by atoms with E-state index >= 15 is 0 Å². The van der Waals surface area contributed by atoms with Crippen molar-refractivity contribution in [1.29, 1.82) is 0 Å². The number of hydrogen-bond donors (Lipinski definition) is 0. The predicted octanol–water partition coefficient (Wildman–Crippen LogP) is 3.59. The third-order valence-electron chi connectivity index (χ3n) is 4.33. The van der Waals surface area contributed by atoms with E-state index in [1.54, 1.807) is 11.3 Å². The Kier molecular flexibility index (Phi) is 7.19. The molecule has 2 heterocycles. The van der Waals surface area contributed by atoms with E-state index in [4.69, 9.17) is 12.2 Å². The Bertz CT molecular complexity index is 747. The van der Waals surface area contributed by atoms with E-state index in [2.05, 4.69) is 15.3 Å². The van der Waals surface area contributed by atoms with E-state index in [0.717, 1.165) is 59.6 Å². The normalized spacial score (nSPS) is 15.7. The molecule has 1 fully saturated rings. The summed E-state index contributed by atoms with van der Waals surface area (Å²) < 4.78 is 0.786. The maximum Gasteiger partial charge on any atom is 0.233 e. The van der Waals surface area contributed by atoms with Crippen molar-refractivity contribution in [1.82, 2.24) is 14.8 Å². The molecule has 138 valence electrons. The highest BCUT2D eigenvalue weighted by Gasteiger charge is 2.20. The fraction of sp³-hybridized carbons (Fsp3) is 0.421. The van der Waals surface area contributed by atoms with Gasteiger partial charge in [-0.15, -0.1) is 23.1 Å². The summed E-state index contributed by atoms with van der Waals surface area (Å²) in [6, 6.07) is 9.89. The molecule has 1 aromatic carbocycles. The molecule has 1 amide bonds. The number of thioether (sulfide) groups is 1. The summed E-state index contributed by atoms with van der Waals surface area (Å²) in [6.45, 7) is 6.42. The largest absolute Gasteiger partial charge is 0.341 e. The zero-order valence-corrected chi connectivity index (χ0v) is 17.3. The van der Waals surface area contributed by atoms with Gasteiger partial charge < -0.3 is 4.90 Å². The second kappa shape index (κ2) is 9.60. The van der Waals surface area contributed by atoms with E-state index < -0.39 is 0 Å². The fourth-order valence-corrected chi connectivity index (χ4v) is 4.62. The monoisotopic (exact) mass is 405 g/mol. The smallest absolute Gasteiger partial charge is 0.233 e. The van der Waals surface area contributed by atoms with E-state index in [0.29, 0.717) is 5.75 Å². The average molecular weight is 406 g/mol. The maximum absolute atomic E-state index is 12.6. The van der Waals surface area contributed by atoms with Crippen LogP contribution in [0.1, 0.15) is 22.7 Å². The highest BCUT2D eigenvalue weighted by Crippen LogP contribution is 2.16. The van der Waals surface area contributed by atoms with Gasteiger partial charge in [0, 0.05) is 38.1 Å². The first kappa shape index (κ1) is 19.5. The van der Waals surface area contributed by atoms with Gasteiger partial charge in [-0.05, 0) is 18.9 Å². The first-order valence-electron chi connectivity index (χ1n) is 8.75. The number of amides is 1. The number of carbonyl (C=O) groups excluding carboxylic acids is 1. The van der Waals surface area contributed by atoms with E-state index in [1.165, 1.54) is 11.8 Å². The summed E-state index contributed by atoms with van der Waals surface area (Å²) in [5.74, 6) is 0.596. The van der Waals surface area contributed by atoms with Crippen LogP contribution in [0.15, 0.2) is 35.7 Å². The van der Waals surface area contributed by atoms with Crippen molar-refractivity contribution in [2.45, 2.75) is 19.9 Å². The maximum atomic E-state index is 12.6. The number of thiazole rings is 1. The Balaban J connectivity index is 1.46. The van der Waals surface area contributed by atoms with E-state index in [-0.39, 0.29) is 5.91 Å². The lowest BCUT2D eigenvalue weighted by molar-refractivity contribution is -0.128. The lowest BCUT2D eigenvalue weighted by Gasteiger charge is -2.21. The van der Waals surface area contributed by atoms with Crippen LogP contribution in [0.4, 0.5) is 0 Å². The molecule has 1 saturated heterocycles. The van der Waals surface area contributed by atoms with Crippen molar-refractivity contribution in [2.24, 2.45) is 0 Å². The van der Waals surface area contributed by atoms with Crippen LogP contribution >= 0.6 is 35.3 Å². The standard InChI is InChI=1S/C19H23N3OS3/c1-15-20-17(13-25-15)12-21-8-5-9-22(11-10-21)18(23)14-26-19(24)16-6-3-2-4-7-16/h2-4,6-7,13H,5,8-12,14H2,1H3. The van der Waals surface area contributed by atoms with Gasteiger partial charge in [0.05, 0.1) is 20.7 Å². The van der Waals surface area contributed by atoms with Crippen LogP contribution in [0.25, 0.3) is 0 Å². The molecule has 0 radical (unpaired) electrons. The van der Waals surface area contributed by atoms with Crippen LogP contribution in [0.5, 0.6) is 0 Å². The number of benzene rings is 1. The Morgan fingerprint density at radius 1 is 1.23 bits per heavy atom. The molecule has 0 aliphatic carbocycles. The van der Waals surface area contributed by atoms with Crippen molar-refractivity contribution < 1.29 is 4.79 Å². The third kappa shape index (κ3) is 5.61. The first-order chi connectivity index (χ1) is 12.6. The van der Waals surface area contributed by atoms with Gasteiger partial charge in [-0.2, -0.15) is 0 Å². The summed E-state index contributed by atoms with van der Waals surface area (Å²) in [5, 5.41) is 3.24. The molecule has 1 aliphatic heterocycles. The topological polar surface area (TPSA) is 36.4 Å². The van der Waals surface area contributed by atoms with Crippen molar-refractivity contribution in [3.8, 4) is 0 Å². The molecule has 3 rings (SSSR count). The molecule has 2 aromatic rings. The summed E-state index contributed by atoms with van der Waals surface area (Å²) in [4.78, 5) is 21.5. The Morgan fingerprint density at radius 2 is 2.04 bits per heavy atom. The molecule has 0 N–H and O–H groups in total. The zero-order valence-electron chi connectivity index (χ0n) is 14.9. The summed E-state index contributed by atoms with van der Waals surface area (Å²) >= 11 is 8.59. The SMILES string of the molecule is Cc1nc(CN2CCCN(C(=O)CSC(=S)c3ccccc3)CC2)cs1. The number of nitrogens with zero attached hydrogens (tertiary/aromatic N) is 3. The molecular weight excluding hydrogens is 382 g/mol. The predicted molar refractivity (Wildman–Crippen MR) is 114 cm³/mol. The van der Waals surface area contributed by atoms with Crippen LogP contribution in [-0.2, 0) is 11.3 Å². The summed E-state index contributed by atoms with van der Waals surface area (Å²) in [5.41, 5.74) is 2.15. The molecule has 4 nitrogen and oxygen atoms in total. The average Bonchev–Trinajstić information content (AvgIpc) is 2.92. The fourth-order valence-electron chi connectivity index (χ4n) is 2.96. The summed E-state index contributed by atoms with van der Waals surface area (Å²) in [6.07, 6.45) is 1.00. The van der Waals surface area contributed by atoms with Crippen LogP contribution in [0, 0.1) is 6.92 Å². The van der Waals surface area contributed by atoms with Gasteiger partial charge in [-0.3, -0.25) is 9.69 Å². The highest BCUT2D eigenvalue weighted by atomic mass is 32.2. The minimum absolute atomic E-state index is 0.180. The van der Waals surface area contributed by atoms with Crippen molar-refractivity contribution in [3.05, 3.63) is 52.0 Å². The lowest BCUT2D eigenvalue weighted by Crippen LogP contribution is -2.36. The molecule has 0 atom stereocenters. The Hall–Kier alpha value is -1.28. The molecule has 0 saturated carbocycles. The third-order valence-corrected chi connectivity index (χ3v) is 6.63. The Labute approximate surface area is 168 Å². The van der Waals surface area contributed by atoms with Gasteiger partial charge in [-0.1, -0.05) is 42.5 Å². The minimum atomic E-state index is 0.180. The van der Waals surface area contributed by atoms with Gasteiger partial charge in [0.1, 0.15) is 0 Å². The van der Waals surface area contributed by atoms with Crippen LogP contribution in [0.2, 0.25) is 0 Å². The number of aryl methyl sites for hydroxylation is 1. The van der Waals surface area contributed by atoms with Crippen molar-refractivity contribution >= 4 is 45.4 Å². The molecule has 7 heteroatoms. The second-order valence-electron chi connectivity index (χ2n) is 6.31. The Morgan fingerprint density at radius 3 is 2.77 bits per heavy atom. The minimum Gasteiger partial charge on any atom is -0.341 e. The van der Waals surface area contributed by atoms with Gasteiger partial charge >= 0.3 is 0 Å². The molecular formula is C19H23N3OS3. The van der Waals surface area contributed by atoms with Gasteiger partial charge in [-0.25, -0.2) is 4.98 Å². The molecule has 26 heavy (non-hydrogen) atoms. The van der Waals surface area contributed by atoms with E-state index in [9.17, 15) is 4.79 Å². The molecule has 1 aliphatic rings. The van der Waals surface area contributed by atoms with Crippen molar-refractivity contribution in [2.75, 3.05) is 31.9 Å². The number of thiocarbonyl (C=S) groups is 1. The number of hydrogen-bond acceptors (Lipinski definition) is 6. The molecule has 1 aromatic heterocycles. The second-order valence-corrected chi connectivity index (χ2v) is 9.02. The number of aromatic nitrogens is 1. The molecule has 0 unspecified atom stereocenters. The number of carbonyl (C=O) groups is 1. The van der Waals surface area contributed by atoms with Crippen LogP contribution in [-0.4, -0.2) is 56.8 Å². The highest BCUT2D eigenvalue weighted by molar-refractivity contribution is 8.24. The molecule has 0 bridgehead atoms. The summed E-state index contributed by atoms with van der Waals surface area (Å²) in [7, 11) is 0. The first-order valence-corrected chi connectivity index (χ1v) is 11.0. The zero-order chi connectivity index (χ0) is 18.4. The quantitative estimate of drug-likeness (QED) is 0.711.